The maximum Gasteiger partial charge on any atom is 0.118 e. The molecule has 3 aromatic carbocycles. The number of hydrogen-bond donors (Lipinski definition) is 0. The lowest BCUT2D eigenvalue weighted by Gasteiger charge is -2.11. The summed E-state index contributed by atoms with van der Waals surface area (Å²) < 4.78 is 0. The highest BCUT2D eigenvalue weighted by atomic mass is 16.3. The summed E-state index contributed by atoms with van der Waals surface area (Å²) in [5, 5.41) is 16.7. The SMILES string of the molecule is CCC([O])c1cccc2cc3ccccc3cc12. The van der Waals surface area contributed by atoms with E-state index in [4.69, 9.17) is 0 Å². The van der Waals surface area contributed by atoms with E-state index in [0.29, 0.717) is 6.42 Å². The summed E-state index contributed by atoms with van der Waals surface area (Å²) in [6.45, 7) is 1.94. The average Bonchev–Trinajstić information content (AvgIpc) is 2.43. The Morgan fingerprint density at radius 3 is 2.28 bits per heavy atom. The lowest BCUT2D eigenvalue weighted by molar-refractivity contribution is 0.0870. The van der Waals surface area contributed by atoms with Crippen molar-refractivity contribution in [1.29, 1.82) is 0 Å². The van der Waals surface area contributed by atoms with Crippen molar-refractivity contribution in [2.75, 3.05) is 0 Å². The fourth-order valence-corrected chi connectivity index (χ4v) is 2.49. The highest BCUT2D eigenvalue weighted by Crippen LogP contribution is 2.30. The molecule has 1 radical (unpaired) electrons. The van der Waals surface area contributed by atoms with Gasteiger partial charge in [-0.25, -0.2) is 5.11 Å². The van der Waals surface area contributed by atoms with E-state index in [-0.39, 0.29) is 0 Å². The van der Waals surface area contributed by atoms with Gasteiger partial charge < -0.3 is 0 Å². The van der Waals surface area contributed by atoms with E-state index >= 15 is 0 Å². The summed E-state index contributed by atoms with van der Waals surface area (Å²) in [6.07, 6.45) is 0.00114. The van der Waals surface area contributed by atoms with Crippen LogP contribution in [0.2, 0.25) is 0 Å². The fraction of sp³-hybridized carbons (Fsp3) is 0.176. The molecule has 0 aliphatic rings. The summed E-state index contributed by atoms with van der Waals surface area (Å²) >= 11 is 0. The molecule has 0 aliphatic heterocycles. The molecule has 0 fully saturated rings. The molecule has 0 bridgehead atoms. The molecule has 1 heteroatoms. The molecule has 0 saturated carbocycles. The van der Waals surface area contributed by atoms with Crippen LogP contribution in [0.15, 0.2) is 54.6 Å². The minimum absolute atomic E-state index is 0.630. The van der Waals surface area contributed by atoms with E-state index in [2.05, 4.69) is 30.3 Å². The molecule has 89 valence electrons. The third kappa shape index (κ3) is 1.77. The zero-order valence-electron chi connectivity index (χ0n) is 10.4. The van der Waals surface area contributed by atoms with Gasteiger partial charge in [-0.15, -0.1) is 0 Å². The highest BCUT2D eigenvalue weighted by Gasteiger charge is 2.10. The molecule has 1 unspecified atom stereocenters. The molecule has 0 aliphatic carbocycles. The Morgan fingerprint density at radius 1 is 0.889 bits per heavy atom. The van der Waals surface area contributed by atoms with Gasteiger partial charge in [0.25, 0.3) is 0 Å². The topological polar surface area (TPSA) is 19.9 Å². The van der Waals surface area contributed by atoms with Gasteiger partial charge in [-0.1, -0.05) is 49.4 Å². The Labute approximate surface area is 107 Å². The molecule has 1 atom stereocenters. The first-order chi connectivity index (χ1) is 8.79. The molecule has 0 spiro atoms. The zero-order valence-corrected chi connectivity index (χ0v) is 10.4. The Hall–Kier alpha value is -1.86. The molecule has 3 aromatic rings. The minimum atomic E-state index is -0.630. The van der Waals surface area contributed by atoms with Gasteiger partial charge in [0.2, 0.25) is 0 Å². The highest BCUT2D eigenvalue weighted by molar-refractivity contribution is 5.99. The van der Waals surface area contributed by atoms with Crippen LogP contribution >= 0.6 is 0 Å². The number of fused-ring (bicyclic) bond motifs is 2. The van der Waals surface area contributed by atoms with Gasteiger partial charge in [0, 0.05) is 0 Å². The van der Waals surface area contributed by atoms with Gasteiger partial charge in [0.1, 0.15) is 6.10 Å². The van der Waals surface area contributed by atoms with Gasteiger partial charge in [0.15, 0.2) is 0 Å². The molecular weight excluding hydrogens is 220 g/mol. The van der Waals surface area contributed by atoms with Crippen molar-refractivity contribution >= 4 is 21.5 Å². The van der Waals surface area contributed by atoms with E-state index in [0.717, 1.165) is 16.3 Å². The Morgan fingerprint density at radius 2 is 1.56 bits per heavy atom. The van der Waals surface area contributed by atoms with Crippen molar-refractivity contribution in [3.8, 4) is 0 Å². The summed E-state index contributed by atoms with van der Waals surface area (Å²) in [5.41, 5.74) is 0.917. The molecule has 0 heterocycles. The van der Waals surface area contributed by atoms with Crippen LogP contribution in [0, 0.1) is 0 Å². The molecule has 0 amide bonds. The first-order valence-electron chi connectivity index (χ1n) is 6.37. The second-order valence-electron chi connectivity index (χ2n) is 4.66. The predicted molar refractivity (Wildman–Crippen MR) is 75.2 cm³/mol. The normalized spacial score (nSPS) is 13.0. The van der Waals surface area contributed by atoms with Crippen LogP contribution in [0.5, 0.6) is 0 Å². The zero-order chi connectivity index (χ0) is 12.5. The first kappa shape index (κ1) is 11.2. The van der Waals surface area contributed by atoms with Gasteiger partial charge in [-0.05, 0) is 45.7 Å². The molecule has 18 heavy (non-hydrogen) atoms. The second-order valence-corrected chi connectivity index (χ2v) is 4.66. The quantitative estimate of drug-likeness (QED) is 0.564. The van der Waals surface area contributed by atoms with Crippen molar-refractivity contribution < 1.29 is 5.11 Å². The smallest absolute Gasteiger partial charge is 0.118 e. The average molecular weight is 235 g/mol. The summed E-state index contributed by atoms with van der Waals surface area (Å²) in [5.74, 6) is 0. The van der Waals surface area contributed by atoms with Crippen molar-refractivity contribution in [1.82, 2.24) is 0 Å². The van der Waals surface area contributed by atoms with E-state index in [1.54, 1.807) is 0 Å². The minimum Gasteiger partial charge on any atom is -0.228 e. The van der Waals surface area contributed by atoms with Crippen LogP contribution in [0.3, 0.4) is 0 Å². The van der Waals surface area contributed by atoms with Gasteiger partial charge in [-0.3, -0.25) is 0 Å². The first-order valence-corrected chi connectivity index (χ1v) is 6.37. The summed E-state index contributed by atoms with van der Waals surface area (Å²) in [6, 6.07) is 18.6. The molecule has 1 nitrogen and oxygen atoms in total. The predicted octanol–water partition coefficient (Wildman–Crippen LogP) is 4.87. The number of benzene rings is 3. The largest absolute Gasteiger partial charge is 0.228 e. The standard InChI is InChI=1S/C17H15O/c1-2-17(18)15-9-5-8-14-10-12-6-3-4-7-13(12)11-16(14)15/h3-11,17H,2H2,1H3. The molecule has 0 saturated heterocycles. The summed E-state index contributed by atoms with van der Waals surface area (Å²) in [7, 11) is 0. The van der Waals surface area contributed by atoms with E-state index in [1.807, 2.05) is 31.2 Å². The van der Waals surface area contributed by atoms with Gasteiger partial charge in [-0.2, -0.15) is 0 Å². The molecular formula is C17H15O. The van der Waals surface area contributed by atoms with Gasteiger partial charge >= 0.3 is 0 Å². The second kappa shape index (κ2) is 4.43. The van der Waals surface area contributed by atoms with Crippen LogP contribution in [-0.4, -0.2) is 0 Å². The van der Waals surface area contributed by atoms with Crippen molar-refractivity contribution in [3.05, 3.63) is 60.2 Å². The van der Waals surface area contributed by atoms with Crippen LogP contribution < -0.4 is 0 Å². The third-order valence-corrected chi connectivity index (χ3v) is 3.50. The third-order valence-electron chi connectivity index (χ3n) is 3.50. The molecule has 3 rings (SSSR count). The van der Waals surface area contributed by atoms with E-state index in [9.17, 15) is 5.11 Å². The van der Waals surface area contributed by atoms with Crippen LogP contribution in [-0.2, 0) is 5.11 Å². The van der Waals surface area contributed by atoms with Crippen LogP contribution in [0.1, 0.15) is 25.0 Å². The molecule has 0 aromatic heterocycles. The van der Waals surface area contributed by atoms with E-state index in [1.165, 1.54) is 10.8 Å². The maximum atomic E-state index is 12.0. The Balaban J connectivity index is 2.36. The summed E-state index contributed by atoms with van der Waals surface area (Å²) in [4.78, 5) is 0. The molecule has 0 N–H and O–H groups in total. The Kier molecular flexibility index (Phi) is 2.77. The van der Waals surface area contributed by atoms with Crippen LogP contribution in [0.25, 0.3) is 21.5 Å². The van der Waals surface area contributed by atoms with Crippen molar-refractivity contribution in [3.63, 3.8) is 0 Å². The Bertz CT molecular complexity index is 700. The van der Waals surface area contributed by atoms with E-state index < -0.39 is 6.10 Å². The van der Waals surface area contributed by atoms with Gasteiger partial charge in [0.05, 0.1) is 0 Å². The monoisotopic (exact) mass is 235 g/mol. The lowest BCUT2D eigenvalue weighted by atomic mass is 9.96. The lowest BCUT2D eigenvalue weighted by Crippen LogP contribution is -1.94. The number of rotatable bonds is 2. The fourth-order valence-electron chi connectivity index (χ4n) is 2.49. The van der Waals surface area contributed by atoms with Crippen LogP contribution in [0.4, 0.5) is 0 Å². The number of hydrogen-bond acceptors (Lipinski definition) is 0. The van der Waals surface area contributed by atoms with Crippen molar-refractivity contribution in [2.24, 2.45) is 0 Å². The maximum absolute atomic E-state index is 12.0. The van der Waals surface area contributed by atoms with Crippen molar-refractivity contribution in [2.45, 2.75) is 19.4 Å².